The van der Waals surface area contributed by atoms with Gasteiger partial charge in [0.2, 0.25) is 0 Å². The van der Waals surface area contributed by atoms with Crippen LogP contribution in [0, 0.1) is 13.8 Å². The zero-order valence-corrected chi connectivity index (χ0v) is 24.6. The quantitative estimate of drug-likeness (QED) is 0.104. The molecule has 0 N–H and O–H groups in total. The lowest BCUT2D eigenvalue weighted by molar-refractivity contribution is 0.123. The number of nitrogens with zero attached hydrogens (tertiary/aromatic N) is 2. The van der Waals surface area contributed by atoms with Crippen molar-refractivity contribution in [1.29, 1.82) is 0 Å². The molecule has 0 aliphatic carbocycles. The number of anilines is 3. The summed E-state index contributed by atoms with van der Waals surface area (Å²) in [6.07, 6.45) is 2.77. The molecule has 202 valence electrons. The fraction of sp³-hybridized carbons (Fsp3) is 0.242. The Kier molecular flexibility index (Phi) is 9.84. The average molecular weight is 539 g/mol. The highest BCUT2D eigenvalue weighted by Gasteiger charge is 2.36. The van der Waals surface area contributed by atoms with Crippen LogP contribution in [0.4, 0.5) is 17.1 Å². The molecule has 0 atom stereocenters. The van der Waals surface area contributed by atoms with Crippen LogP contribution in [-0.2, 0) is 13.3 Å². The third-order valence-electron chi connectivity index (χ3n) is 7.08. The van der Waals surface area contributed by atoms with Crippen molar-refractivity contribution in [3.05, 3.63) is 114 Å². The van der Waals surface area contributed by atoms with Gasteiger partial charge in [0.15, 0.2) is 0 Å². The van der Waals surface area contributed by atoms with Crippen molar-refractivity contribution in [2.75, 3.05) is 32.8 Å². The molecule has 0 amide bonds. The molecular formula is C33H38N2O3Si. The zero-order chi connectivity index (χ0) is 27.7. The zero-order valence-electron chi connectivity index (χ0n) is 23.6. The molecule has 4 aromatic carbocycles. The Morgan fingerprint density at radius 3 is 1.82 bits per heavy atom. The van der Waals surface area contributed by atoms with Gasteiger partial charge in [-0.05, 0) is 84.5 Å². The summed E-state index contributed by atoms with van der Waals surface area (Å²) in [4.78, 5) is 6.91. The molecule has 39 heavy (non-hydrogen) atoms. The topological polar surface area (TPSA) is 43.3 Å². The van der Waals surface area contributed by atoms with E-state index in [4.69, 9.17) is 13.3 Å². The van der Waals surface area contributed by atoms with E-state index in [0.29, 0.717) is 6.54 Å². The van der Waals surface area contributed by atoms with Crippen LogP contribution in [0.3, 0.4) is 0 Å². The molecule has 0 aliphatic rings. The second kappa shape index (κ2) is 13.5. The van der Waals surface area contributed by atoms with Gasteiger partial charge in [-0.25, -0.2) is 0 Å². The molecule has 0 heterocycles. The lowest BCUT2D eigenvalue weighted by Gasteiger charge is -2.26. The molecule has 0 fully saturated rings. The second-order valence-electron chi connectivity index (χ2n) is 9.54. The van der Waals surface area contributed by atoms with E-state index in [9.17, 15) is 0 Å². The van der Waals surface area contributed by atoms with E-state index in [1.54, 1.807) is 21.3 Å². The van der Waals surface area contributed by atoms with Crippen molar-refractivity contribution < 1.29 is 13.3 Å². The van der Waals surface area contributed by atoms with Gasteiger partial charge < -0.3 is 18.2 Å². The smallest absolute Gasteiger partial charge is 0.377 e. The minimum absolute atomic E-state index is 0.690. The van der Waals surface area contributed by atoms with Gasteiger partial charge in [0.25, 0.3) is 0 Å². The molecule has 0 bridgehead atoms. The summed E-state index contributed by atoms with van der Waals surface area (Å²) in [5, 5.41) is 0. The van der Waals surface area contributed by atoms with Crippen molar-refractivity contribution in [3.63, 3.8) is 0 Å². The molecule has 0 unspecified atom stereocenters. The van der Waals surface area contributed by atoms with Gasteiger partial charge in [-0.2, -0.15) is 0 Å². The van der Waals surface area contributed by atoms with Gasteiger partial charge in [-0.1, -0.05) is 60.7 Å². The first kappa shape index (κ1) is 28.5. The predicted molar refractivity (Wildman–Crippen MR) is 165 cm³/mol. The number of aryl methyl sites for hydroxylation is 2. The highest BCUT2D eigenvalue weighted by molar-refractivity contribution is 6.60. The van der Waals surface area contributed by atoms with E-state index in [0.717, 1.165) is 35.1 Å². The standard InChI is InChI=1S/C33H38N2O3Si/c1-26-12-17-33(24-27(26)2)35(32-20-15-30(16-21-32)29-10-7-6-8-11-29)31-18-13-28(14-19-31)25-34-22-9-23-39(36-3,37-4)38-5/h6-8,10-21,24-25H,9,22-23H2,1-5H3. The minimum atomic E-state index is -2.54. The van der Waals surface area contributed by atoms with Gasteiger partial charge in [0, 0.05) is 57.2 Å². The summed E-state index contributed by atoms with van der Waals surface area (Å²) in [6.45, 7) is 5.00. The van der Waals surface area contributed by atoms with Crippen molar-refractivity contribution in [1.82, 2.24) is 0 Å². The van der Waals surface area contributed by atoms with Crippen molar-refractivity contribution >= 4 is 32.1 Å². The minimum Gasteiger partial charge on any atom is -0.377 e. The van der Waals surface area contributed by atoms with E-state index in [1.807, 2.05) is 12.3 Å². The van der Waals surface area contributed by atoms with Crippen LogP contribution in [0.25, 0.3) is 11.1 Å². The monoisotopic (exact) mass is 538 g/mol. The lowest BCUT2D eigenvalue weighted by Crippen LogP contribution is -2.42. The predicted octanol–water partition coefficient (Wildman–Crippen LogP) is 8.13. The van der Waals surface area contributed by atoms with Crippen LogP contribution in [0.1, 0.15) is 23.1 Å². The third kappa shape index (κ3) is 7.10. The Bertz CT molecular complexity index is 1340. The molecule has 0 spiro atoms. The molecule has 0 aromatic heterocycles. The van der Waals surface area contributed by atoms with Gasteiger partial charge in [0.05, 0.1) is 0 Å². The third-order valence-corrected chi connectivity index (χ3v) is 9.91. The SMILES string of the molecule is CO[Si](CCCN=Cc1ccc(N(c2ccc(-c3ccccc3)cc2)c2ccc(C)c(C)c2)cc1)(OC)OC. The molecule has 4 rings (SSSR count). The van der Waals surface area contributed by atoms with Crippen LogP contribution < -0.4 is 4.90 Å². The van der Waals surface area contributed by atoms with Crippen LogP contribution in [0.2, 0.25) is 6.04 Å². The van der Waals surface area contributed by atoms with E-state index in [-0.39, 0.29) is 0 Å². The molecule has 6 heteroatoms. The summed E-state index contributed by atoms with van der Waals surface area (Å²) in [5.41, 5.74) is 9.37. The number of hydrogen-bond acceptors (Lipinski definition) is 5. The van der Waals surface area contributed by atoms with Gasteiger partial charge in [0.1, 0.15) is 0 Å². The highest BCUT2D eigenvalue weighted by atomic mass is 28.4. The van der Waals surface area contributed by atoms with E-state index in [2.05, 4.69) is 115 Å². The Balaban J connectivity index is 1.54. The first-order valence-corrected chi connectivity index (χ1v) is 15.2. The molecule has 5 nitrogen and oxygen atoms in total. The number of rotatable bonds is 12. The largest absolute Gasteiger partial charge is 0.500 e. The molecule has 0 aliphatic heterocycles. The summed E-state index contributed by atoms with van der Waals surface area (Å²) in [6, 6.07) is 35.1. The van der Waals surface area contributed by atoms with E-state index < -0.39 is 8.80 Å². The van der Waals surface area contributed by atoms with Crippen LogP contribution in [0.5, 0.6) is 0 Å². The number of benzene rings is 4. The Hall–Kier alpha value is -3.55. The van der Waals surface area contributed by atoms with Gasteiger partial charge in [-0.15, -0.1) is 0 Å². The molecular weight excluding hydrogens is 500 g/mol. The summed E-state index contributed by atoms with van der Waals surface area (Å²) < 4.78 is 16.5. The average Bonchev–Trinajstić information content (AvgIpc) is 2.99. The van der Waals surface area contributed by atoms with Gasteiger partial charge >= 0.3 is 8.80 Å². The Morgan fingerprint density at radius 2 is 1.23 bits per heavy atom. The molecule has 0 radical (unpaired) electrons. The number of aliphatic imine (C=N–C) groups is 1. The summed E-state index contributed by atoms with van der Waals surface area (Å²) in [7, 11) is 2.38. The van der Waals surface area contributed by atoms with Crippen LogP contribution >= 0.6 is 0 Å². The summed E-state index contributed by atoms with van der Waals surface area (Å²) >= 11 is 0. The van der Waals surface area contributed by atoms with E-state index >= 15 is 0 Å². The maximum Gasteiger partial charge on any atom is 0.500 e. The van der Waals surface area contributed by atoms with E-state index in [1.165, 1.54) is 22.3 Å². The molecule has 0 saturated carbocycles. The maximum atomic E-state index is 5.49. The summed E-state index contributed by atoms with van der Waals surface area (Å²) in [5.74, 6) is 0. The number of hydrogen-bond donors (Lipinski definition) is 0. The second-order valence-corrected chi connectivity index (χ2v) is 12.6. The van der Waals surface area contributed by atoms with Crippen molar-refractivity contribution in [2.45, 2.75) is 26.3 Å². The maximum absolute atomic E-state index is 5.49. The van der Waals surface area contributed by atoms with Gasteiger partial charge in [-0.3, -0.25) is 4.99 Å². The Labute approximate surface area is 234 Å². The fourth-order valence-electron chi connectivity index (χ4n) is 4.57. The first-order valence-electron chi connectivity index (χ1n) is 13.3. The Morgan fingerprint density at radius 1 is 0.667 bits per heavy atom. The van der Waals surface area contributed by atoms with Crippen LogP contribution in [-0.4, -0.2) is 42.9 Å². The highest BCUT2D eigenvalue weighted by Crippen LogP contribution is 2.36. The molecule has 4 aromatic rings. The fourth-order valence-corrected chi connectivity index (χ4v) is 6.27. The molecule has 0 saturated heterocycles. The van der Waals surface area contributed by atoms with Crippen molar-refractivity contribution in [2.24, 2.45) is 4.99 Å². The van der Waals surface area contributed by atoms with Crippen molar-refractivity contribution in [3.8, 4) is 11.1 Å². The normalized spacial score (nSPS) is 11.7. The first-order chi connectivity index (χ1) is 19.0. The lowest BCUT2D eigenvalue weighted by atomic mass is 10.0. The van der Waals surface area contributed by atoms with Crippen LogP contribution in [0.15, 0.2) is 102 Å².